The quantitative estimate of drug-likeness (QED) is 0.568. The summed E-state index contributed by atoms with van der Waals surface area (Å²) in [7, 11) is 1.51. The van der Waals surface area contributed by atoms with E-state index in [1.165, 1.54) is 7.11 Å². The molecule has 3 N–H and O–H groups in total. The maximum absolute atomic E-state index is 12.7. The zero-order chi connectivity index (χ0) is 22.6. The van der Waals surface area contributed by atoms with E-state index in [4.69, 9.17) is 9.47 Å². The third-order valence-corrected chi connectivity index (χ3v) is 5.29. The molecule has 176 valence electrons. The van der Waals surface area contributed by atoms with Gasteiger partial charge in [-0.2, -0.15) is 13.2 Å². The third-order valence-electron chi connectivity index (χ3n) is 5.29. The lowest BCUT2D eigenvalue weighted by Gasteiger charge is -2.29. The summed E-state index contributed by atoms with van der Waals surface area (Å²) >= 11 is 0. The molecule has 1 unspecified atom stereocenters. The van der Waals surface area contributed by atoms with E-state index in [2.05, 4.69) is 10.3 Å². The molecule has 0 spiro atoms. The normalized spacial score (nSPS) is 22.7. The van der Waals surface area contributed by atoms with Crippen molar-refractivity contribution >= 4 is 18.3 Å². The first kappa shape index (κ1) is 25.7. The largest absolute Gasteiger partial charge is 0.497 e. The molecule has 3 atom stereocenters. The molecular weight excluding hydrogens is 453 g/mol. The van der Waals surface area contributed by atoms with Gasteiger partial charge < -0.3 is 25.0 Å². The van der Waals surface area contributed by atoms with Crippen molar-refractivity contribution in [2.45, 2.75) is 31.2 Å². The number of amides is 1. The van der Waals surface area contributed by atoms with Gasteiger partial charge in [0.05, 0.1) is 31.5 Å². The Labute approximate surface area is 189 Å². The minimum absolute atomic E-state index is 0. The first-order valence-corrected chi connectivity index (χ1v) is 9.56. The van der Waals surface area contributed by atoms with E-state index >= 15 is 0 Å². The van der Waals surface area contributed by atoms with Crippen molar-refractivity contribution < 1.29 is 37.7 Å². The molecule has 3 rings (SSSR count). The molecule has 1 amide bonds. The zero-order valence-corrected chi connectivity index (χ0v) is 17.9. The van der Waals surface area contributed by atoms with Crippen molar-refractivity contribution in [3.8, 4) is 11.6 Å². The summed E-state index contributed by atoms with van der Waals surface area (Å²) in [5.41, 5.74) is -1.31. The molecule has 1 aromatic carbocycles. The van der Waals surface area contributed by atoms with E-state index in [1.54, 1.807) is 24.3 Å². The van der Waals surface area contributed by atoms with Crippen LogP contribution in [0.15, 0.2) is 42.6 Å². The van der Waals surface area contributed by atoms with Crippen molar-refractivity contribution in [1.29, 1.82) is 0 Å². The van der Waals surface area contributed by atoms with E-state index in [0.29, 0.717) is 17.5 Å². The summed E-state index contributed by atoms with van der Waals surface area (Å²) in [6.07, 6.45) is -5.52. The van der Waals surface area contributed by atoms with Gasteiger partial charge in [-0.25, -0.2) is 4.98 Å². The standard InChI is InChI=1S/C21H23F3N2O5.ClH/c1-30-15-5-2-13(3-6-15)19(29)26-11-20(8-16(27)17(28)9-20)12-31-18-7-4-14(10-25-18)21(22,23)24;/h2-7,10,16-17,27-28H,8-9,11-12H2,1H3,(H,26,29);1H/t16-,17+,20?;. The maximum Gasteiger partial charge on any atom is 0.417 e. The van der Waals surface area contributed by atoms with Crippen LogP contribution in [0.4, 0.5) is 13.2 Å². The molecule has 1 heterocycles. The highest BCUT2D eigenvalue weighted by Gasteiger charge is 2.45. The Kier molecular flexibility index (Phi) is 8.33. The molecule has 1 aliphatic rings. The van der Waals surface area contributed by atoms with E-state index in [-0.39, 0.29) is 50.2 Å². The number of aliphatic hydroxyl groups excluding tert-OH is 2. The number of aliphatic hydroxyl groups is 2. The number of nitrogens with one attached hydrogen (secondary N) is 1. The van der Waals surface area contributed by atoms with Crippen molar-refractivity contribution in [2.75, 3.05) is 20.3 Å². The Morgan fingerprint density at radius 3 is 2.28 bits per heavy atom. The zero-order valence-electron chi connectivity index (χ0n) is 17.1. The molecule has 11 heteroatoms. The van der Waals surface area contributed by atoms with Crippen LogP contribution in [0.2, 0.25) is 0 Å². The van der Waals surface area contributed by atoms with E-state index < -0.39 is 29.4 Å². The molecule has 7 nitrogen and oxygen atoms in total. The number of nitrogens with zero attached hydrogens (tertiary/aromatic N) is 1. The van der Waals surface area contributed by atoms with Crippen molar-refractivity contribution in [3.63, 3.8) is 0 Å². The van der Waals surface area contributed by atoms with Crippen LogP contribution in [0.1, 0.15) is 28.8 Å². The van der Waals surface area contributed by atoms with Crippen LogP contribution in [0.3, 0.4) is 0 Å². The highest BCUT2D eigenvalue weighted by molar-refractivity contribution is 5.94. The monoisotopic (exact) mass is 476 g/mol. The first-order chi connectivity index (χ1) is 14.6. The molecule has 0 aliphatic heterocycles. The number of pyridine rings is 1. The second-order valence-corrected chi connectivity index (χ2v) is 7.63. The molecule has 1 fully saturated rings. The van der Waals surface area contributed by atoms with Crippen LogP contribution < -0.4 is 14.8 Å². The highest BCUT2D eigenvalue weighted by atomic mass is 35.5. The van der Waals surface area contributed by atoms with Crippen molar-refractivity contribution in [1.82, 2.24) is 10.3 Å². The second kappa shape index (κ2) is 10.4. The van der Waals surface area contributed by atoms with E-state index in [1.807, 2.05) is 0 Å². The summed E-state index contributed by atoms with van der Waals surface area (Å²) in [5, 5.41) is 22.8. The molecule has 1 saturated carbocycles. The summed E-state index contributed by atoms with van der Waals surface area (Å²) < 4.78 is 48.6. The summed E-state index contributed by atoms with van der Waals surface area (Å²) in [5.74, 6) is 0.225. The van der Waals surface area contributed by atoms with Crippen molar-refractivity contribution in [3.05, 3.63) is 53.7 Å². The van der Waals surface area contributed by atoms with Gasteiger partial charge in [-0.15, -0.1) is 12.4 Å². The fourth-order valence-corrected chi connectivity index (χ4v) is 3.53. The van der Waals surface area contributed by atoms with Gasteiger partial charge in [0.1, 0.15) is 5.75 Å². The van der Waals surface area contributed by atoms with Gasteiger partial charge in [-0.3, -0.25) is 4.79 Å². The molecule has 1 aromatic heterocycles. The van der Waals surface area contributed by atoms with Crippen LogP contribution in [0.5, 0.6) is 11.6 Å². The van der Waals surface area contributed by atoms with Gasteiger partial charge >= 0.3 is 6.18 Å². The van der Waals surface area contributed by atoms with Gasteiger partial charge in [0.2, 0.25) is 5.88 Å². The lowest BCUT2D eigenvalue weighted by Crippen LogP contribution is -2.40. The maximum atomic E-state index is 12.7. The highest BCUT2D eigenvalue weighted by Crippen LogP contribution is 2.39. The number of ether oxygens (including phenoxy) is 2. The number of carbonyl (C=O) groups excluding carboxylic acids is 1. The molecule has 0 radical (unpaired) electrons. The fourth-order valence-electron chi connectivity index (χ4n) is 3.53. The van der Waals surface area contributed by atoms with Crippen LogP contribution in [-0.4, -0.2) is 53.6 Å². The topological polar surface area (TPSA) is 101 Å². The number of halogens is 4. The van der Waals surface area contributed by atoms with Crippen LogP contribution in [-0.2, 0) is 6.18 Å². The van der Waals surface area contributed by atoms with Gasteiger partial charge in [-0.05, 0) is 43.2 Å². The molecule has 1 aliphatic carbocycles. The lowest BCUT2D eigenvalue weighted by molar-refractivity contribution is -0.137. The fraction of sp³-hybridized carbons (Fsp3) is 0.429. The number of hydrogen-bond donors (Lipinski definition) is 3. The average molecular weight is 477 g/mol. The summed E-state index contributed by atoms with van der Waals surface area (Å²) in [4.78, 5) is 16.1. The van der Waals surface area contributed by atoms with Gasteiger partial charge in [0.15, 0.2) is 0 Å². The molecule has 2 aromatic rings. The van der Waals surface area contributed by atoms with Gasteiger partial charge in [-0.1, -0.05) is 0 Å². The number of methoxy groups -OCH3 is 1. The molecule has 32 heavy (non-hydrogen) atoms. The van der Waals surface area contributed by atoms with Crippen molar-refractivity contribution in [2.24, 2.45) is 5.41 Å². The molecule has 0 bridgehead atoms. The van der Waals surface area contributed by atoms with Gasteiger partial charge in [0, 0.05) is 29.8 Å². The number of aromatic nitrogens is 1. The number of benzene rings is 1. The predicted octanol–water partition coefficient (Wildman–Crippen LogP) is 2.84. The molecule has 0 saturated heterocycles. The number of carbonyl (C=O) groups is 1. The number of hydrogen-bond acceptors (Lipinski definition) is 6. The first-order valence-electron chi connectivity index (χ1n) is 9.56. The lowest BCUT2D eigenvalue weighted by atomic mass is 9.86. The Bertz CT molecular complexity index is 884. The minimum atomic E-state index is -4.50. The van der Waals surface area contributed by atoms with Crippen LogP contribution in [0.25, 0.3) is 0 Å². The van der Waals surface area contributed by atoms with Crippen LogP contribution >= 0.6 is 12.4 Å². The van der Waals surface area contributed by atoms with Crippen LogP contribution in [0, 0.1) is 5.41 Å². The van der Waals surface area contributed by atoms with Gasteiger partial charge in [0.25, 0.3) is 5.91 Å². The smallest absolute Gasteiger partial charge is 0.417 e. The Morgan fingerprint density at radius 1 is 1.16 bits per heavy atom. The third kappa shape index (κ3) is 6.24. The SMILES string of the molecule is COc1ccc(C(=O)NCC2(COc3ccc(C(F)(F)F)cn3)C[C@@H](O)[C@@H](O)C2)cc1.Cl. The summed E-state index contributed by atoms with van der Waals surface area (Å²) in [6, 6.07) is 8.46. The Balaban J connectivity index is 0.00000363. The average Bonchev–Trinajstić information content (AvgIpc) is 3.04. The second-order valence-electron chi connectivity index (χ2n) is 7.63. The molecular formula is C21H24ClF3N2O5. The minimum Gasteiger partial charge on any atom is -0.497 e. The Hall–Kier alpha value is -2.56. The van der Waals surface area contributed by atoms with E-state index in [9.17, 15) is 28.2 Å². The predicted molar refractivity (Wildman–Crippen MR) is 111 cm³/mol. The number of rotatable bonds is 7. The summed E-state index contributed by atoms with van der Waals surface area (Å²) in [6.45, 7) is 0.0367. The Morgan fingerprint density at radius 2 is 1.78 bits per heavy atom. The number of alkyl halides is 3. The van der Waals surface area contributed by atoms with E-state index in [0.717, 1.165) is 12.1 Å².